The largest absolute Gasteiger partial charge is 0.491 e. The number of aryl methyl sites for hydroxylation is 1. The Bertz CT molecular complexity index is 802. The molecule has 1 unspecified atom stereocenters. The molecule has 0 aliphatic carbocycles. The Morgan fingerprint density at radius 1 is 1.14 bits per heavy atom. The van der Waals surface area contributed by atoms with Crippen LogP contribution in [0.3, 0.4) is 0 Å². The number of carbonyl (C=O) groups excluding carboxylic acids is 1. The van der Waals surface area contributed by atoms with Gasteiger partial charge in [-0.3, -0.25) is 9.69 Å². The molecule has 1 fully saturated rings. The van der Waals surface area contributed by atoms with E-state index in [-0.39, 0.29) is 12.4 Å². The molecular formula is C22H27ClN2O3. The van der Waals surface area contributed by atoms with Gasteiger partial charge in [-0.1, -0.05) is 17.7 Å². The van der Waals surface area contributed by atoms with Gasteiger partial charge in [-0.05, 0) is 55.8 Å². The first-order chi connectivity index (χ1) is 13.4. The van der Waals surface area contributed by atoms with E-state index in [1.807, 2.05) is 18.2 Å². The third-order valence-corrected chi connectivity index (χ3v) is 5.29. The molecule has 2 aromatic carbocycles. The number of carbonyl (C=O) groups is 1. The predicted molar refractivity (Wildman–Crippen MR) is 113 cm³/mol. The molecule has 1 aliphatic rings. The van der Waals surface area contributed by atoms with Crippen LogP contribution in [0.25, 0.3) is 0 Å². The second kappa shape index (κ2) is 9.41. The van der Waals surface area contributed by atoms with Crippen LogP contribution in [-0.4, -0.2) is 61.2 Å². The zero-order chi connectivity index (χ0) is 20.1. The number of Topliss-reactive ketones (excluding diaryl/α,β-unsaturated/α-hetero) is 1. The van der Waals surface area contributed by atoms with E-state index in [2.05, 4.69) is 16.7 Å². The van der Waals surface area contributed by atoms with Crippen molar-refractivity contribution in [3.05, 3.63) is 58.6 Å². The third kappa shape index (κ3) is 5.47. The lowest BCUT2D eigenvalue weighted by Gasteiger charge is -2.37. The number of hydrogen-bond acceptors (Lipinski definition) is 5. The Morgan fingerprint density at radius 3 is 2.46 bits per heavy atom. The molecule has 1 heterocycles. The number of ether oxygens (including phenoxy) is 1. The van der Waals surface area contributed by atoms with Crippen LogP contribution in [-0.2, 0) is 0 Å². The molecule has 1 N–H and O–H groups in total. The van der Waals surface area contributed by atoms with Gasteiger partial charge < -0.3 is 14.7 Å². The number of ketones is 1. The van der Waals surface area contributed by atoms with Gasteiger partial charge in [-0.15, -0.1) is 0 Å². The Morgan fingerprint density at radius 2 is 1.82 bits per heavy atom. The summed E-state index contributed by atoms with van der Waals surface area (Å²) in [5.41, 5.74) is 3.06. The molecule has 150 valence electrons. The number of rotatable bonds is 7. The first-order valence-electron chi connectivity index (χ1n) is 9.57. The van der Waals surface area contributed by atoms with E-state index < -0.39 is 6.10 Å². The number of nitrogens with zero attached hydrogens (tertiary/aromatic N) is 2. The lowest BCUT2D eigenvalue weighted by atomic mass is 10.1. The average molecular weight is 403 g/mol. The van der Waals surface area contributed by atoms with Crippen molar-refractivity contribution in [2.75, 3.05) is 44.2 Å². The van der Waals surface area contributed by atoms with Gasteiger partial charge in [-0.25, -0.2) is 0 Å². The topological polar surface area (TPSA) is 53.0 Å². The smallest absolute Gasteiger partial charge is 0.159 e. The minimum absolute atomic E-state index is 0.0266. The number of aliphatic hydroxyl groups is 1. The number of hydrogen-bond donors (Lipinski definition) is 1. The van der Waals surface area contributed by atoms with Gasteiger partial charge in [0.25, 0.3) is 0 Å². The Balaban J connectivity index is 1.44. The van der Waals surface area contributed by atoms with Crippen molar-refractivity contribution in [2.24, 2.45) is 0 Å². The molecule has 0 saturated carbocycles. The molecule has 0 spiro atoms. The van der Waals surface area contributed by atoms with Crippen LogP contribution in [0.2, 0.25) is 5.02 Å². The fourth-order valence-electron chi connectivity index (χ4n) is 3.42. The van der Waals surface area contributed by atoms with Gasteiger partial charge >= 0.3 is 0 Å². The first-order valence-corrected chi connectivity index (χ1v) is 9.95. The summed E-state index contributed by atoms with van der Waals surface area (Å²) in [6.07, 6.45) is -0.563. The number of piperazine rings is 1. The molecule has 0 bridgehead atoms. The number of benzene rings is 2. The van der Waals surface area contributed by atoms with E-state index in [4.69, 9.17) is 16.3 Å². The van der Waals surface area contributed by atoms with Gasteiger partial charge in [-0.2, -0.15) is 0 Å². The maximum atomic E-state index is 11.3. The minimum atomic E-state index is -0.563. The molecule has 0 aromatic heterocycles. The second-order valence-electron chi connectivity index (χ2n) is 7.26. The Hall–Kier alpha value is -2.08. The highest BCUT2D eigenvalue weighted by Gasteiger charge is 2.21. The minimum Gasteiger partial charge on any atom is -0.491 e. The maximum Gasteiger partial charge on any atom is 0.159 e. The van der Waals surface area contributed by atoms with Gasteiger partial charge in [0.2, 0.25) is 0 Å². The van der Waals surface area contributed by atoms with Crippen LogP contribution < -0.4 is 9.64 Å². The predicted octanol–water partition coefficient (Wildman–Crippen LogP) is 3.41. The highest BCUT2D eigenvalue weighted by molar-refractivity contribution is 6.30. The average Bonchev–Trinajstić information content (AvgIpc) is 2.69. The molecular weight excluding hydrogens is 376 g/mol. The monoisotopic (exact) mass is 402 g/mol. The molecule has 3 rings (SSSR count). The van der Waals surface area contributed by atoms with Crippen LogP contribution >= 0.6 is 11.6 Å². The second-order valence-corrected chi connectivity index (χ2v) is 7.70. The third-order valence-electron chi connectivity index (χ3n) is 5.06. The normalized spacial score (nSPS) is 16.1. The van der Waals surface area contributed by atoms with E-state index in [9.17, 15) is 9.90 Å². The molecule has 2 aromatic rings. The standard InChI is InChI=1S/C22H27ClN2O3/c1-16-3-6-19(23)13-22(16)25-11-9-24(10-12-25)14-20(27)15-28-21-7-4-18(5-8-21)17(2)26/h3-8,13,20,27H,9-12,14-15H2,1-2H3. The molecule has 5 nitrogen and oxygen atoms in total. The van der Waals surface area contributed by atoms with Crippen LogP contribution in [0.5, 0.6) is 5.75 Å². The van der Waals surface area contributed by atoms with Crippen molar-refractivity contribution in [1.82, 2.24) is 4.90 Å². The van der Waals surface area contributed by atoms with Crippen LogP contribution in [0.1, 0.15) is 22.8 Å². The fourth-order valence-corrected chi connectivity index (χ4v) is 3.59. The van der Waals surface area contributed by atoms with Gasteiger partial charge in [0, 0.05) is 49.0 Å². The number of aliphatic hydroxyl groups excluding tert-OH is 1. The number of anilines is 1. The fraction of sp³-hybridized carbons (Fsp3) is 0.409. The lowest BCUT2D eigenvalue weighted by Crippen LogP contribution is -2.49. The van der Waals surface area contributed by atoms with Gasteiger partial charge in [0.15, 0.2) is 5.78 Å². The van der Waals surface area contributed by atoms with E-state index in [0.29, 0.717) is 17.9 Å². The van der Waals surface area contributed by atoms with Crippen molar-refractivity contribution in [2.45, 2.75) is 20.0 Å². The summed E-state index contributed by atoms with van der Waals surface area (Å²) < 4.78 is 5.65. The van der Waals surface area contributed by atoms with Gasteiger partial charge in [0.1, 0.15) is 18.5 Å². The zero-order valence-corrected chi connectivity index (χ0v) is 17.2. The first kappa shape index (κ1) is 20.6. The number of β-amino-alcohol motifs (C(OH)–C–C–N with tert-alkyl or cyclic N) is 1. The highest BCUT2D eigenvalue weighted by atomic mass is 35.5. The van der Waals surface area contributed by atoms with Crippen LogP contribution in [0, 0.1) is 6.92 Å². The molecule has 1 aliphatic heterocycles. The van der Waals surface area contributed by atoms with E-state index >= 15 is 0 Å². The van der Waals surface area contributed by atoms with Gasteiger partial charge in [0.05, 0.1) is 0 Å². The van der Waals surface area contributed by atoms with E-state index in [1.54, 1.807) is 24.3 Å². The van der Waals surface area contributed by atoms with Crippen molar-refractivity contribution in [1.29, 1.82) is 0 Å². The molecule has 1 atom stereocenters. The molecule has 1 saturated heterocycles. The maximum absolute atomic E-state index is 11.3. The molecule has 0 amide bonds. The van der Waals surface area contributed by atoms with Crippen molar-refractivity contribution >= 4 is 23.1 Å². The summed E-state index contributed by atoms with van der Waals surface area (Å²) in [7, 11) is 0. The quantitative estimate of drug-likeness (QED) is 0.719. The molecule has 0 radical (unpaired) electrons. The Kier molecular flexibility index (Phi) is 6.94. The zero-order valence-electron chi connectivity index (χ0n) is 16.4. The lowest BCUT2D eigenvalue weighted by molar-refractivity contribution is 0.0663. The van der Waals surface area contributed by atoms with Crippen molar-refractivity contribution in [3.63, 3.8) is 0 Å². The molecule has 6 heteroatoms. The van der Waals surface area contributed by atoms with Crippen molar-refractivity contribution in [3.8, 4) is 5.75 Å². The van der Waals surface area contributed by atoms with E-state index in [1.165, 1.54) is 18.2 Å². The highest BCUT2D eigenvalue weighted by Crippen LogP contribution is 2.25. The molecule has 28 heavy (non-hydrogen) atoms. The Labute approximate surface area is 171 Å². The van der Waals surface area contributed by atoms with Crippen LogP contribution in [0.4, 0.5) is 5.69 Å². The summed E-state index contributed by atoms with van der Waals surface area (Å²) in [6.45, 7) is 8.02. The van der Waals surface area contributed by atoms with Crippen LogP contribution in [0.15, 0.2) is 42.5 Å². The van der Waals surface area contributed by atoms with E-state index in [0.717, 1.165) is 31.2 Å². The summed E-state index contributed by atoms with van der Waals surface area (Å²) in [6, 6.07) is 13.0. The SMILES string of the molecule is CC(=O)c1ccc(OCC(O)CN2CCN(c3cc(Cl)ccc3C)CC2)cc1. The van der Waals surface area contributed by atoms with Crippen molar-refractivity contribution < 1.29 is 14.6 Å². The number of halogens is 1. The summed E-state index contributed by atoms with van der Waals surface area (Å²) in [4.78, 5) is 15.9. The summed E-state index contributed by atoms with van der Waals surface area (Å²) >= 11 is 6.14. The summed E-state index contributed by atoms with van der Waals surface area (Å²) in [5, 5.41) is 11.1. The summed E-state index contributed by atoms with van der Waals surface area (Å²) in [5.74, 6) is 0.684.